The molecule has 7 nitrogen and oxygen atoms in total. The van der Waals surface area contributed by atoms with E-state index >= 15 is 0 Å². The molecule has 158 valence electrons. The summed E-state index contributed by atoms with van der Waals surface area (Å²) in [5.41, 5.74) is 1.84. The van der Waals surface area contributed by atoms with Gasteiger partial charge in [0.2, 0.25) is 5.91 Å². The Bertz CT molecular complexity index is 922. The number of carbonyl (C=O) groups excluding carboxylic acids is 1. The van der Waals surface area contributed by atoms with Gasteiger partial charge in [-0.1, -0.05) is 0 Å². The molecule has 30 heavy (non-hydrogen) atoms. The summed E-state index contributed by atoms with van der Waals surface area (Å²) in [4.78, 5) is 18.4. The summed E-state index contributed by atoms with van der Waals surface area (Å²) in [7, 11) is 2.06. The number of amides is 1. The first-order valence-electron chi connectivity index (χ1n) is 10.7. The summed E-state index contributed by atoms with van der Waals surface area (Å²) in [6, 6.07) is 6.63. The maximum atomic E-state index is 12.6. The van der Waals surface area contributed by atoms with E-state index in [1.807, 2.05) is 12.1 Å². The highest BCUT2D eigenvalue weighted by Crippen LogP contribution is 2.37. The lowest BCUT2D eigenvalue weighted by atomic mass is 9.96. The summed E-state index contributed by atoms with van der Waals surface area (Å²) in [5.74, 6) is 0.908. The summed E-state index contributed by atoms with van der Waals surface area (Å²) < 4.78 is 0. The van der Waals surface area contributed by atoms with Crippen molar-refractivity contribution in [3.63, 3.8) is 0 Å². The largest absolute Gasteiger partial charge is 0.351 e. The van der Waals surface area contributed by atoms with Crippen LogP contribution < -0.4 is 10.2 Å². The van der Waals surface area contributed by atoms with Crippen molar-refractivity contribution in [2.75, 3.05) is 36.9 Å². The molecule has 0 saturated carbocycles. The molecule has 1 atom stereocenters. The number of nitrogens with one attached hydrogen (secondary N) is 1. The molecular weight excluding hydrogens is 396 g/mol. The number of likely N-dealkylation sites (N-methyl/N-ethyl adjacent to an activating group) is 1. The zero-order chi connectivity index (χ0) is 20.9. The van der Waals surface area contributed by atoms with E-state index < -0.39 is 0 Å². The number of rotatable bonds is 7. The topological polar surface area (TPSA) is 85.2 Å². The summed E-state index contributed by atoms with van der Waals surface area (Å²) >= 11 is 1.59. The average molecular weight is 425 g/mol. The maximum Gasteiger partial charge on any atom is 0.226 e. The van der Waals surface area contributed by atoms with Crippen LogP contribution in [0.4, 0.5) is 10.8 Å². The number of carbonyl (C=O) groups is 1. The van der Waals surface area contributed by atoms with Crippen molar-refractivity contribution < 1.29 is 4.79 Å². The molecule has 1 aliphatic carbocycles. The van der Waals surface area contributed by atoms with Crippen molar-refractivity contribution in [3.05, 3.63) is 34.3 Å². The van der Waals surface area contributed by atoms with Gasteiger partial charge in [-0.05, 0) is 63.3 Å². The molecule has 0 radical (unpaired) electrons. The van der Waals surface area contributed by atoms with Gasteiger partial charge in [-0.2, -0.15) is 10.4 Å². The van der Waals surface area contributed by atoms with Crippen molar-refractivity contribution in [1.29, 1.82) is 5.26 Å². The number of anilines is 2. The summed E-state index contributed by atoms with van der Waals surface area (Å²) in [5, 5.41) is 21.5. The van der Waals surface area contributed by atoms with Gasteiger partial charge in [-0.25, -0.2) is 0 Å². The molecule has 3 heterocycles. The Morgan fingerprint density at radius 2 is 2.27 bits per heavy atom. The van der Waals surface area contributed by atoms with E-state index in [2.05, 4.69) is 38.4 Å². The fraction of sp³-hybridized carbons (Fsp3) is 0.545. The molecule has 8 heteroatoms. The highest BCUT2D eigenvalue weighted by atomic mass is 32.1. The SMILES string of the molecule is CN(CCC(=O)Nc1sc2c(c1C#N)CCCC2)CC1CCCN1c1cccnn1. The molecule has 2 aromatic heterocycles. The second-order valence-corrected chi connectivity index (χ2v) is 9.26. The van der Waals surface area contributed by atoms with Gasteiger partial charge in [-0.15, -0.1) is 16.4 Å². The maximum absolute atomic E-state index is 12.6. The molecule has 2 aromatic rings. The van der Waals surface area contributed by atoms with Crippen molar-refractivity contribution in [2.45, 2.75) is 51.0 Å². The van der Waals surface area contributed by atoms with Crippen molar-refractivity contribution in [3.8, 4) is 6.07 Å². The number of nitrogens with zero attached hydrogens (tertiary/aromatic N) is 5. The monoisotopic (exact) mass is 424 g/mol. The third-order valence-electron chi connectivity index (χ3n) is 6.01. The van der Waals surface area contributed by atoms with Crippen LogP contribution in [0.5, 0.6) is 0 Å². The average Bonchev–Trinajstić information content (AvgIpc) is 3.36. The molecule has 1 N–H and O–H groups in total. The molecular formula is C22H28N6OS. The number of aromatic nitrogens is 2. The lowest BCUT2D eigenvalue weighted by Gasteiger charge is -2.29. The fourth-order valence-corrected chi connectivity index (χ4v) is 5.73. The Morgan fingerprint density at radius 1 is 1.40 bits per heavy atom. The van der Waals surface area contributed by atoms with Gasteiger partial charge in [0.25, 0.3) is 0 Å². The van der Waals surface area contributed by atoms with Gasteiger partial charge in [0.1, 0.15) is 11.1 Å². The lowest BCUT2D eigenvalue weighted by Crippen LogP contribution is -2.40. The third kappa shape index (κ3) is 4.63. The molecule has 2 aliphatic rings. The molecule has 1 unspecified atom stereocenters. The Labute approximate surface area is 181 Å². The van der Waals surface area contributed by atoms with Crippen LogP contribution in [-0.4, -0.2) is 53.7 Å². The van der Waals surface area contributed by atoms with Crippen LogP contribution in [0.1, 0.15) is 48.1 Å². The number of nitriles is 1. The molecule has 1 amide bonds. The quantitative estimate of drug-likeness (QED) is 0.735. The predicted molar refractivity (Wildman–Crippen MR) is 119 cm³/mol. The summed E-state index contributed by atoms with van der Waals surface area (Å²) in [6.07, 6.45) is 8.67. The van der Waals surface area contributed by atoms with Gasteiger partial charge in [0.15, 0.2) is 5.82 Å². The summed E-state index contributed by atoms with van der Waals surface area (Å²) in [6.45, 7) is 2.57. The second kappa shape index (κ2) is 9.54. The molecule has 1 fully saturated rings. The fourth-order valence-electron chi connectivity index (χ4n) is 4.48. The first kappa shape index (κ1) is 20.8. The molecule has 1 saturated heterocycles. The van der Waals surface area contributed by atoms with Gasteiger partial charge < -0.3 is 15.1 Å². The van der Waals surface area contributed by atoms with Crippen LogP contribution in [-0.2, 0) is 17.6 Å². The van der Waals surface area contributed by atoms with Crippen molar-refractivity contribution in [2.24, 2.45) is 0 Å². The van der Waals surface area contributed by atoms with E-state index in [-0.39, 0.29) is 5.91 Å². The Morgan fingerprint density at radius 3 is 3.07 bits per heavy atom. The zero-order valence-electron chi connectivity index (χ0n) is 17.4. The van der Waals surface area contributed by atoms with E-state index in [1.165, 1.54) is 11.3 Å². The normalized spacial score (nSPS) is 18.3. The standard InChI is InChI=1S/C22H28N6OS/c1-27(15-16-6-5-12-28(16)20-9-4-11-24-26-20)13-10-21(29)25-22-18(14-23)17-7-2-3-8-19(17)30-22/h4,9,11,16H,2-3,5-8,10,12-13,15H2,1H3,(H,25,29). The van der Waals surface area contributed by atoms with E-state index in [1.54, 1.807) is 17.5 Å². The van der Waals surface area contributed by atoms with Crippen molar-refractivity contribution >= 4 is 28.1 Å². The van der Waals surface area contributed by atoms with Crippen LogP contribution >= 0.6 is 11.3 Å². The highest BCUT2D eigenvalue weighted by molar-refractivity contribution is 7.16. The minimum absolute atomic E-state index is 0.0193. The molecule has 0 spiro atoms. The Hall–Kier alpha value is -2.50. The van der Waals surface area contributed by atoms with Gasteiger partial charge in [-0.3, -0.25) is 4.79 Å². The second-order valence-electron chi connectivity index (χ2n) is 8.16. The number of thiophene rings is 1. The van der Waals surface area contributed by atoms with Crippen LogP contribution in [0.25, 0.3) is 0 Å². The van der Waals surface area contributed by atoms with E-state index in [0.29, 0.717) is 24.6 Å². The van der Waals surface area contributed by atoms with Crippen molar-refractivity contribution in [1.82, 2.24) is 15.1 Å². The third-order valence-corrected chi connectivity index (χ3v) is 7.22. The number of hydrogen-bond donors (Lipinski definition) is 1. The van der Waals surface area contributed by atoms with Crippen LogP contribution in [0, 0.1) is 11.3 Å². The van der Waals surface area contributed by atoms with Gasteiger partial charge in [0.05, 0.1) is 5.56 Å². The minimum atomic E-state index is -0.0193. The predicted octanol–water partition coefficient (Wildman–Crippen LogP) is 3.22. The Kier molecular flexibility index (Phi) is 6.60. The first-order chi connectivity index (χ1) is 14.7. The zero-order valence-corrected chi connectivity index (χ0v) is 18.2. The van der Waals surface area contributed by atoms with Crippen LogP contribution in [0.15, 0.2) is 18.3 Å². The van der Waals surface area contributed by atoms with Crippen LogP contribution in [0.3, 0.4) is 0 Å². The molecule has 1 aliphatic heterocycles. The van der Waals surface area contributed by atoms with Gasteiger partial charge in [0, 0.05) is 43.2 Å². The number of aryl methyl sites for hydroxylation is 1. The first-order valence-corrected chi connectivity index (χ1v) is 11.5. The smallest absolute Gasteiger partial charge is 0.226 e. The highest BCUT2D eigenvalue weighted by Gasteiger charge is 2.27. The molecule has 0 aromatic carbocycles. The van der Waals surface area contributed by atoms with E-state index in [4.69, 9.17) is 0 Å². The van der Waals surface area contributed by atoms with Crippen LogP contribution in [0.2, 0.25) is 0 Å². The number of fused-ring (bicyclic) bond motifs is 1. The Balaban J connectivity index is 1.29. The lowest BCUT2D eigenvalue weighted by molar-refractivity contribution is -0.116. The minimum Gasteiger partial charge on any atom is -0.351 e. The number of hydrogen-bond acceptors (Lipinski definition) is 7. The van der Waals surface area contributed by atoms with E-state index in [0.717, 1.165) is 61.6 Å². The van der Waals surface area contributed by atoms with E-state index in [9.17, 15) is 10.1 Å². The molecule has 0 bridgehead atoms. The molecule has 4 rings (SSSR count). The van der Waals surface area contributed by atoms with Gasteiger partial charge >= 0.3 is 0 Å².